The van der Waals surface area contributed by atoms with E-state index in [1.807, 2.05) is 13.0 Å². The minimum atomic E-state index is 0.744. The lowest BCUT2D eigenvalue weighted by molar-refractivity contribution is 0.730. The number of nitrogens with zero attached hydrogens (tertiary/aromatic N) is 2. The predicted molar refractivity (Wildman–Crippen MR) is 56.5 cm³/mol. The molecule has 1 rings (SSSR count). The van der Waals surface area contributed by atoms with Gasteiger partial charge in [-0.1, -0.05) is 22.5 Å². The monoisotopic (exact) mass is 241 g/mol. The molecule has 0 saturated carbocycles. The van der Waals surface area contributed by atoms with Gasteiger partial charge in [0.15, 0.2) is 0 Å². The van der Waals surface area contributed by atoms with Gasteiger partial charge in [0, 0.05) is 23.8 Å². The molecule has 0 aromatic carbocycles. The molecule has 1 aromatic rings. The van der Waals surface area contributed by atoms with E-state index in [-0.39, 0.29) is 0 Å². The van der Waals surface area contributed by atoms with Crippen molar-refractivity contribution in [3.63, 3.8) is 0 Å². The lowest BCUT2D eigenvalue weighted by atomic mass is 10.4. The maximum Gasteiger partial charge on any atom is 0.125 e. The second-order valence-corrected chi connectivity index (χ2v) is 3.84. The van der Waals surface area contributed by atoms with Crippen LogP contribution >= 0.6 is 15.9 Å². The van der Waals surface area contributed by atoms with Crippen molar-refractivity contribution in [1.82, 2.24) is 15.3 Å². The van der Waals surface area contributed by atoms with Crippen molar-refractivity contribution >= 4 is 15.9 Å². The van der Waals surface area contributed by atoms with E-state index in [4.69, 9.17) is 0 Å². The molecule has 0 aliphatic carbocycles. The normalized spacial score (nSPS) is 10.0. The number of rotatable bonds is 4. The van der Waals surface area contributed by atoms with Crippen LogP contribution in [-0.2, 0) is 6.54 Å². The Labute approximate surface area is 86.4 Å². The Bertz CT molecular complexity index is 299. The molecule has 0 aliphatic rings. The van der Waals surface area contributed by atoms with Crippen LogP contribution in [0, 0.1) is 6.92 Å². The molecule has 0 unspecified atom stereocenters. The van der Waals surface area contributed by atoms with Gasteiger partial charge >= 0.3 is 0 Å². The second-order valence-electron chi connectivity index (χ2n) is 2.72. The number of nitrogens with one attached hydrogen (secondary N) is 1. The van der Waals surface area contributed by atoms with E-state index >= 15 is 0 Å². The molecular weight excluding hydrogens is 230 g/mol. The van der Waals surface area contributed by atoms with E-state index < -0.39 is 0 Å². The van der Waals surface area contributed by atoms with Crippen molar-refractivity contribution in [2.75, 3.05) is 6.54 Å². The van der Waals surface area contributed by atoms with Crippen LogP contribution in [0.3, 0.4) is 0 Å². The molecule has 1 heterocycles. The zero-order chi connectivity index (χ0) is 9.68. The highest BCUT2D eigenvalue weighted by Crippen LogP contribution is 1.98. The quantitative estimate of drug-likeness (QED) is 0.874. The average molecular weight is 242 g/mol. The van der Waals surface area contributed by atoms with Crippen molar-refractivity contribution in [3.05, 3.63) is 34.8 Å². The molecule has 0 fully saturated rings. The van der Waals surface area contributed by atoms with Gasteiger partial charge in [0.1, 0.15) is 5.82 Å². The number of hydrogen-bond acceptors (Lipinski definition) is 3. The summed E-state index contributed by atoms with van der Waals surface area (Å²) in [5.41, 5.74) is 1.00. The molecule has 0 aliphatic heterocycles. The molecule has 0 atom stereocenters. The fourth-order valence-corrected chi connectivity index (χ4v) is 1.13. The van der Waals surface area contributed by atoms with Crippen molar-refractivity contribution in [3.8, 4) is 0 Å². The predicted octanol–water partition coefficient (Wildman–Crippen LogP) is 1.78. The van der Waals surface area contributed by atoms with Crippen LogP contribution in [0.25, 0.3) is 0 Å². The van der Waals surface area contributed by atoms with Gasteiger partial charge in [-0.25, -0.2) is 9.97 Å². The molecule has 0 bridgehead atoms. The molecule has 1 aromatic heterocycles. The molecule has 70 valence electrons. The van der Waals surface area contributed by atoms with Crippen LogP contribution in [0.4, 0.5) is 0 Å². The largest absolute Gasteiger partial charge is 0.307 e. The zero-order valence-electron chi connectivity index (χ0n) is 7.55. The molecule has 13 heavy (non-hydrogen) atoms. The van der Waals surface area contributed by atoms with Crippen molar-refractivity contribution in [2.24, 2.45) is 0 Å². The summed E-state index contributed by atoms with van der Waals surface area (Å²) in [6, 6.07) is 1.90. The fourth-order valence-electron chi connectivity index (χ4n) is 0.930. The maximum absolute atomic E-state index is 4.25. The summed E-state index contributed by atoms with van der Waals surface area (Å²) >= 11 is 3.27. The molecule has 3 nitrogen and oxygen atoms in total. The molecule has 0 spiro atoms. The summed E-state index contributed by atoms with van der Waals surface area (Å²) < 4.78 is 0.943. The van der Waals surface area contributed by atoms with Gasteiger partial charge < -0.3 is 5.32 Å². The Morgan fingerprint density at radius 3 is 3.08 bits per heavy atom. The zero-order valence-corrected chi connectivity index (χ0v) is 9.13. The highest BCUT2D eigenvalue weighted by Gasteiger charge is 1.94. The molecule has 1 N–H and O–H groups in total. The van der Waals surface area contributed by atoms with Crippen molar-refractivity contribution in [1.29, 1.82) is 0 Å². The highest BCUT2D eigenvalue weighted by atomic mass is 79.9. The van der Waals surface area contributed by atoms with Gasteiger partial charge in [-0.3, -0.25) is 0 Å². The van der Waals surface area contributed by atoms with E-state index in [0.29, 0.717) is 0 Å². The van der Waals surface area contributed by atoms with E-state index in [1.54, 1.807) is 6.20 Å². The summed E-state index contributed by atoms with van der Waals surface area (Å²) in [5.74, 6) is 0.803. The molecule has 0 amide bonds. The van der Waals surface area contributed by atoms with Gasteiger partial charge in [0.05, 0.1) is 5.69 Å². The lowest BCUT2D eigenvalue weighted by Gasteiger charge is -2.02. The van der Waals surface area contributed by atoms with E-state index in [2.05, 4.69) is 37.8 Å². The molecule has 4 heteroatoms. The maximum atomic E-state index is 4.25. The summed E-state index contributed by atoms with van der Waals surface area (Å²) in [6.07, 6.45) is 1.77. The smallest absolute Gasteiger partial charge is 0.125 e. The molecule has 0 radical (unpaired) electrons. The lowest BCUT2D eigenvalue weighted by Crippen LogP contribution is -2.15. The number of aromatic nitrogens is 2. The van der Waals surface area contributed by atoms with E-state index in [1.165, 1.54) is 0 Å². The van der Waals surface area contributed by atoms with E-state index in [9.17, 15) is 0 Å². The van der Waals surface area contributed by atoms with Gasteiger partial charge in [0.2, 0.25) is 0 Å². The Morgan fingerprint density at radius 2 is 2.46 bits per heavy atom. The average Bonchev–Trinajstić information content (AvgIpc) is 2.03. The highest BCUT2D eigenvalue weighted by molar-refractivity contribution is 9.11. The number of hydrogen-bond donors (Lipinski definition) is 1. The molecule has 0 saturated heterocycles. The van der Waals surface area contributed by atoms with Crippen molar-refractivity contribution < 1.29 is 0 Å². The van der Waals surface area contributed by atoms with Gasteiger partial charge in [0.25, 0.3) is 0 Å². The first-order chi connectivity index (χ1) is 6.18. The topological polar surface area (TPSA) is 37.8 Å². The Morgan fingerprint density at radius 1 is 1.69 bits per heavy atom. The van der Waals surface area contributed by atoms with Crippen LogP contribution in [0.2, 0.25) is 0 Å². The van der Waals surface area contributed by atoms with Crippen molar-refractivity contribution in [2.45, 2.75) is 13.5 Å². The number of aryl methyl sites for hydroxylation is 1. The third-order valence-corrected chi connectivity index (χ3v) is 1.74. The SMILES string of the molecule is C=C(Br)CNCc1ccnc(C)n1. The number of halogens is 1. The van der Waals surface area contributed by atoms with Crippen LogP contribution in [-0.4, -0.2) is 16.5 Å². The second kappa shape index (κ2) is 5.09. The summed E-state index contributed by atoms with van der Waals surface area (Å²) in [5, 5.41) is 3.19. The van der Waals surface area contributed by atoms with Gasteiger partial charge in [-0.15, -0.1) is 0 Å². The standard InChI is InChI=1S/C9H12BrN3/c1-7(10)5-11-6-9-3-4-12-8(2)13-9/h3-4,11H,1,5-6H2,2H3. The van der Waals surface area contributed by atoms with Crippen LogP contribution in [0.5, 0.6) is 0 Å². The summed E-state index contributed by atoms with van der Waals surface area (Å²) in [4.78, 5) is 8.27. The van der Waals surface area contributed by atoms with E-state index in [0.717, 1.165) is 29.1 Å². The first kappa shape index (κ1) is 10.3. The van der Waals surface area contributed by atoms with Gasteiger partial charge in [-0.2, -0.15) is 0 Å². The van der Waals surface area contributed by atoms with Crippen LogP contribution < -0.4 is 5.32 Å². The van der Waals surface area contributed by atoms with Crippen LogP contribution in [0.1, 0.15) is 11.5 Å². The Kier molecular flexibility index (Phi) is 4.05. The third kappa shape index (κ3) is 4.15. The fraction of sp³-hybridized carbons (Fsp3) is 0.333. The molecular formula is C9H12BrN3. The minimum absolute atomic E-state index is 0.744. The van der Waals surface area contributed by atoms with Crippen LogP contribution in [0.15, 0.2) is 23.3 Å². The third-order valence-electron chi connectivity index (χ3n) is 1.46. The summed E-state index contributed by atoms with van der Waals surface area (Å²) in [6.45, 7) is 7.10. The Balaban J connectivity index is 2.41. The first-order valence-corrected chi connectivity index (χ1v) is 4.80. The van der Waals surface area contributed by atoms with Gasteiger partial charge in [-0.05, 0) is 13.0 Å². The first-order valence-electron chi connectivity index (χ1n) is 4.01. The Hall–Kier alpha value is -0.740. The summed E-state index contributed by atoms with van der Waals surface area (Å²) in [7, 11) is 0. The minimum Gasteiger partial charge on any atom is -0.307 e.